The van der Waals surface area contributed by atoms with Crippen molar-refractivity contribution in [3.63, 3.8) is 0 Å². The van der Waals surface area contributed by atoms with E-state index in [0.717, 1.165) is 29.2 Å². The third-order valence-electron chi connectivity index (χ3n) is 4.46. The first kappa shape index (κ1) is 20.9. The van der Waals surface area contributed by atoms with Crippen LogP contribution in [-0.4, -0.2) is 33.6 Å². The van der Waals surface area contributed by atoms with Crippen molar-refractivity contribution in [1.29, 1.82) is 0 Å². The highest BCUT2D eigenvalue weighted by Gasteiger charge is 2.31. The lowest BCUT2D eigenvalue weighted by Gasteiger charge is -2.11. The topological polar surface area (TPSA) is 60.2 Å². The standard InChI is InChI=1S/C21H22F3N3O2/c1-14-8-19(5-6-25-14)27-18(4-3-7-28)13-17(26-27)10-15-9-16(21(22,23)24)12-20(11-15)29-2/h5-6,8-9,11-13,28H,3-4,7,10H2,1-2H3. The molecule has 0 saturated heterocycles. The Bertz CT molecular complexity index is 984. The van der Waals surface area contributed by atoms with Gasteiger partial charge in [-0.15, -0.1) is 0 Å². The van der Waals surface area contributed by atoms with Crippen LogP contribution >= 0.6 is 0 Å². The van der Waals surface area contributed by atoms with E-state index in [1.165, 1.54) is 7.11 Å². The Hall–Kier alpha value is -2.87. The molecule has 0 spiro atoms. The lowest BCUT2D eigenvalue weighted by atomic mass is 10.0. The molecule has 29 heavy (non-hydrogen) atoms. The summed E-state index contributed by atoms with van der Waals surface area (Å²) < 4.78 is 46.3. The normalized spacial score (nSPS) is 11.7. The second-order valence-corrected chi connectivity index (χ2v) is 6.77. The summed E-state index contributed by atoms with van der Waals surface area (Å²) in [5.74, 6) is 0.152. The van der Waals surface area contributed by atoms with E-state index in [2.05, 4.69) is 10.1 Å². The van der Waals surface area contributed by atoms with Crippen molar-refractivity contribution in [3.8, 4) is 11.4 Å². The number of pyridine rings is 1. The minimum absolute atomic E-state index is 0.0424. The largest absolute Gasteiger partial charge is 0.497 e. The molecule has 0 aliphatic heterocycles. The van der Waals surface area contributed by atoms with Crippen molar-refractivity contribution >= 4 is 0 Å². The zero-order valence-corrected chi connectivity index (χ0v) is 16.2. The Labute approximate surface area is 166 Å². The first-order chi connectivity index (χ1) is 13.8. The number of aryl methyl sites for hydroxylation is 2. The molecule has 0 bridgehead atoms. The van der Waals surface area contributed by atoms with Crippen molar-refractivity contribution in [3.05, 3.63) is 70.8 Å². The summed E-state index contributed by atoms with van der Waals surface area (Å²) in [4.78, 5) is 4.18. The number of hydrogen-bond acceptors (Lipinski definition) is 4. The maximum Gasteiger partial charge on any atom is 0.416 e. The maximum atomic E-state index is 13.2. The molecule has 0 saturated carbocycles. The molecule has 0 aliphatic carbocycles. The summed E-state index contributed by atoms with van der Waals surface area (Å²) in [6.45, 7) is 1.91. The van der Waals surface area contributed by atoms with Crippen LogP contribution in [0.5, 0.6) is 5.75 Å². The van der Waals surface area contributed by atoms with Crippen LogP contribution in [0.3, 0.4) is 0 Å². The fourth-order valence-corrected chi connectivity index (χ4v) is 3.14. The van der Waals surface area contributed by atoms with E-state index in [9.17, 15) is 18.3 Å². The Balaban J connectivity index is 1.97. The Kier molecular flexibility index (Phi) is 6.22. The maximum absolute atomic E-state index is 13.2. The number of nitrogens with zero attached hydrogens (tertiary/aromatic N) is 3. The Morgan fingerprint density at radius 2 is 1.93 bits per heavy atom. The van der Waals surface area contributed by atoms with Crippen LogP contribution in [-0.2, 0) is 19.0 Å². The SMILES string of the molecule is COc1cc(Cc2cc(CCCO)n(-c3ccnc(C)c3)n2)cc(C(F)(F)F)c1. The molecule has 154 valence electrons. The lowest BCUT2D eigenvalue weighted by molar-refractivity contribution is -0.137. The summed E-state index contributed by atoms with van der Waals surface area (Å²) >= 11 is 0. The lowest BCUT2D eigenvalue weighted by Crippen LogP contribution is -2.07. The molecular weight excluding hydrogens is 383 g/mol. The molecule has 1 aromatic carbocycles. The molecule has 0 aliphatic rings. The predicted molar refractivity (Wildman–Crippen MR) is 102 cm³/mol. The molecule has 0 fully saturated rings. The van der Waals surface area contributed by atoms with Crippen molar-refractivity contribution in [2.45, 2.75) is 32.4 Å². The van der Waals surface area contributed by atoms with E-state index in [1.54, 1.807) is 16.9 Å². The number of ether oxygens (including phenoxy) is 1. The fourth-order valence-electron chi connectivity index (χ4n) is 3.14. The highest BCUT2D eigenvalue weighted by Crippen LogP contribution is 2.33. The molecule has 0 unspecified atom stereocenters. The number of aromatic nitrogens is 3. The Morgan fingerprint density at radius 3 is 2.59 bits per heavy atom. The molecular formula is C21H22F3N3O2. The quantitative estimate of drug-likeness (QED) is 0.643. The van der Waals surface area contributed by atoms with Crippen LogP contribution in [0.15, 0.2) is 42.6 Å². The first-order valence-electron chi connectivity index (χ1n) is 9.17. The van der Waals surface area contributed by atoms with Gasteiger partial charge in [-0.2, -0.15) is 18.3 Å². The van der Waals surface area contributed by atoms with Crippen LogP contribution in [0.4, 0.5) is 13.2 Å². The monoisotopic (exact) mass is 405 g/mol. The number of methoxy groups -OCH3 is 1. The number of alkyl halides is 3. The van der Waals surface area contributed by atoms with Gasteiger partial charge in [-0.3, -0.25) is 4.98 Å². The van der Waals surface area contributed by atoms with Crippen molar-refractivity contribution < 1.29 is 23.0 Å². The summed E-state index contributed by atoms with van der Waals surface area (Å²) in [7, 11) is 1.34. The van der Waals surface area contributed by atoms with E-state index < -0.39 is 11.7 Å². The zero-order chi connectivity index (χ0) is 21.0. The minimum Gasteiger partial charge on any atom is -0.497 e. The van der Waals surface area contributed by atoms with Gasteiger partial charge in [0.15, 0.2) is 0 Å². The second-order valence-electron chi connectivity index (χ2n) is 6.77. The van der Waals surface area contributed by atoms with Crippen LogP contribution in [0, 0.1) is 6.92 Å². The molecule has 1 N–H and O–H groups in total. The van der Waals surface area contributed by atoms with E-state index >= 15 is 0 Å². The van der Waals surface area contributed by atoms with Crippen LogP contribution in [0.2, 0.25) is 0 Å². The van der Waals surface area contributed by atoms with Gasteiger partial charge in [0, 0.05) is 30.6 Å². The summed E-state index contributed by atoms with van der Waals surface area (Å²) in [5, 5.41) is 13.8. The molecule has 5 nitrogen and oxygen atoms in total. The molecule has 2 heterocycles. The second kappa shape index (κ2) is 8.65. The number of hydrogen-bond donors (Lipinski definition) is 1. The summed E-state index contributed by atoms with van der Waals surface area (Å²) in [6, 6.07) is 9.24. The van der Waals surface area contributed by atoms with Gasteiger partial charge in [0.2, 0.25) is 0 Å². The van der Waals surface area contributed by atoms with E-state index in [-0.39, 0.29) is 18.8 Å². The van der Waals surface area contributed by atoms with E-state index in [0.29, 0.717) is 24.1 Å². The van der Waals surface area contributed by atoms with Crippen LogP contribution in [0.1, 0.15) is 34.6 Å². The van der Waals surface area contributed by atoms with Crippen LogP contribution < -0.4 is 4.74 Å². The van der Waals surface area contributed by atoms with E-state index in [4.69, 9.17) is 4.74 Å². The molecule has 3 rings (SSSR count). The van der Waals surface area contributed by atoms with Crippen LogP contribution in [0.25, 0.3) is 5.69 Å². The highest BCUT2D eigenvalue weighted by atomic mass is 19.4. The molecule has 3 aromatic rings. The number of aliphatic hydroxyl groups excluding tert-OH is 1. The van der Waals surface area contributed by atoms with E-state index in [1.807, 2.05) is 25.1 Å². The molecule has 0 radical (unpaired) electrons. The average Bonchev–Trinajstić information content (AvgIpc) is 3.08. The number of aliphatic hydroxyl groups is 1. The van der Waals surface area contributed by atoms with Gasteiger partial charge in [-0.25, -0.2) is 4.68 Å². The van der Waals surface area contributed by atoms with Gasteiger partial charge in [0.25, 0.3) is 0 Å². The summed E-state index contributed by atoms with van der Waals surface area (Å²) in [5.41, 5.74) is 2.86. The zero-order valence-electron chi connectivity index (χ0n) is 16.2. The number of halogens is 3. The highest BCUT2D eigenvalue weighted by molar-refractivity contribution is 5.39. The molecule has 0 amide bonds. The fraction of sp³-hybridized carbons (Fsp3) is 0.333. The van der Waals surface area contributed by atoms with Crippen molar-refractivity contribution in [2.24, 2.45) is 0 Å². The van der Waals surface area contributed by atoms with Gasteiger partial charge >= 0.3 is 6.18 Å². The van der Waals surface area contributed by atoms with Gasteiger partial charge < -0.3 is 9.84 Å². The van der Waals surface area contributed by atoms with Gasteiger partial charge in [0.05, 0.1) is 24.1 Å². The predicted octanol–water partition coefficient (Wildman–Crippen LogP) is 4.12. The van der Waals surface area contributed by atoms with Crippen molar-refractivity contribution in [1.82, 2.24) is 14.8 Å². The van der Waals surface area contributed by atoms with Crippen molar-refractivity contribution in [2.75, 3.05) is 13.7 Å². The first-order valence-corrected chi connectivity index (χ1v) is 9.17. The third kappa shape index (κ3) is 5.14. The Morgan fingerprint density at radius 1 is 1.14 bits per heavy atom. The van der Waals surface area contributed by atoms with Gasteiger partial charge in [0.1, 0.15) is 5.75 Å². The van der Waals surface area contributed by atoms with Gasteiger partial charge in [-0.1, -0.05) is 0 Å². The minimum atomic E-state index is -4.45. The third-order valence-corrected chi connectivity index (χ3v) is 4.46. The average molecular weight is 405 g/mol. The summed E-state index contributed by atoms with van der Waals surface area (Å²) in [6.07, 6.45) is -1.39. The number of rotatable bonds is 7. The number of benzene rings is 1. The molecule has 8 heteroatoms. The van der Waals surface area contributed by atoms with Gasteiger partial charge in [-0.05, 0) is 61.7 Å². The molecule has 2 aromatic heterocycles. The smallest absolute Gasteiger partial charge is 0.416 e. The molecule has 0 atom stereocenters.